The van der Waals surface area contributed by atoms with Crippen molar-refractivity contribution in [3.8, 4) is 5.75 Å². The summed E-state index contributed by atoms with van der Waals surface area (Å²) in [7, 11) is 1.69. The average Bonchev–Trinajstić information content (AvgIpc) is 3.15. The van der Waals surface area contributed by atoms with Crippen LogP contribution in [0.2, 0.25) is 0 Å². The first-order valence-corrected chi connectivity index (χ1v) is 9.07. The number of carbonyl (C=O) groups excluding carboxylic acids is 1. The smallest absolute Gasteiger partial charge is 0.223 e. The van der Waals surface area contributed by atoms with Gasteiger partial charge in [-0.25, -0.2) is 4.98 Å². The Balaban J connectivity index is 1.42. The minimum absolute atomic E-state index is 0.0358. The molecule has 1 aliphatic rings. The summed E-state index contributed by atoms with van der Waals surface area (Å²) in [6.45, 7) is 1.48. The van der Waals surface area contributed by atoms with Crippen molar-refractivity contribution in [3.05, 3.63) is 60.2 Å². The molecular weight excluding hydrogens is 326 g/mol. The van der Waals surface area contributed by atoms with Gasteiger partial charge in [-0.05, 0) is 29.7 Å². The lowest BCUT2D eigenvalue weighted by Gasteiger charge is -2.23. The highest BCUT2D eigenvalue weighted by Crippen LogP contribution is 2.28. The van der Waals surface area contributed by atoms with E-state index in [9.17, 15) is 4.79 Å². The molecule has 4 rings (SSSR count). The minimum Gasteiger partial charge on any atom is -0.496 e. The Morgan fingerprint density at radius 3 is 3.08 bits per heavy atom. The van der Waals surface area contributed by atoms with E-state index in [-0.39, 0.29) is 11.8 Å². The van der Waals surface area contributed by atoms with Gasteiger partial charge in [0.1, 0.15) is 5.75 Å². The van der Waals surface area contributed by atoms with Gasteiger partial charge < -0.3 is 14.6 Å². The summed E-state index contributed by atoms with van der Waals surface area (Å²) < 4.78 is 7.66. The summed E-state index contributed by atoms with van der Waals surface area (Å²) in [5, 5.41) is 5.49. The van der Waals surface area contributed by atoms with E-state index < -0.39 is 0 Å². The number of ether oxygens (including phenoxy) is 1. The molecule has 1 N–H and O–H groups in total. The van der Waals surface area contributed by atoms with Crippen LogP contribution in [-0.2, 0) is 24.2 Å². The van der Waals surface area contributed by atoms with Crippen molar-refractivity contribution in [1.82, 2.24) is 14.9 Å². The number of nitrogens with zero attached hydrogens (tertiary/aromatic N) is 2. The van der Waals surface area contributed by atoms with Crippen LogP contribution >= 0.6 is 0 Å². The van der Waals surface area contributed by atoms with Gasteiger partial charge in [0.15, 0.2) is 0 Å². The maximum atomic E-state index is 12.6. The predicted octanol–water partition coefficient (Wildman–Crippen LogP) is 2.97. The molecule has 5 nitrogen and oxygen atoms in total. The summed E-state index contributed by atoms with van der Waals surface area (Å²) in [4.78, 5) is 16.7. The number of fused-ring (bicyclic) bond motifs is 2. The molecule has 0 aliphatic carbocycles. The molecule has 0 saturated heterocycles. The quantitative estimate of drug-likeness (QED) is 0.770. The third-order valence-electron chi connectivity index (χ3n) is 5.24. The number of aryl methyl sites for hydroxylation is 1. The summed E-state index contributed by atoms with van der Waals surface area (Å²) in [5.41, 5.74) is 2.29. The second kappa shape index (κ2) is 7.20. The SMILES string of the molecule is COc1ccc2ccccc2c1CCNC(=O)C1CCn2cncc2C1. The van der Waals surface area contributed by atoms with Gasteiger partial charge in [-0.15, -0.1) is 0 Å². The zero-order valence-corrected chi connectivity index (χ0v) is 14.9. The van der Waals surface area contributed by atoms with E-state index in [1.165, 1.54) is 10.8 Å². The molecule has 1 atom stereocenters. The zero-order valence-electron chi connectivity index (χ0n) is 14.9. The van der Waals surface area contributed by atoms with E-state index in [2.05, 4.69) is 33.1 Å². The molecule has 0 saturated carbocycles. The van der Waals surface area contributed by atoms with Crippen LogP contribution < -0.4 is 10.1 Å². The number of hydrogen-bond acceptors (Lipinski definition) is 3. The highest BCUT2D eigenvalue weighted by molar-refractivity contribution is 5.88. The monoisotopic (exact) mass is 349 g/mol. The summed E-state index contributed by atoms with van der Waals surface area (Å²) in [6, 6.07) is 12.4. The fourth-order valence-electron chi connectivity index (χ4n) is 3.81. The van der Waals surface area contributed by atoms with Crippen LogP contribution in [0, 0.1) is 5.92 Å². The molecule has 1 aliphatic heterocycles. The highest BCUT2D eigenvalue weighted by Gasteiger charge is 2.24. The van der Waals surface area contributed by atoms with E-state index in [0.29, 0.717) is 6.54 Å². The van der Waals surface area contributed by atoms with Crippen LogP contribution in [-0.4, -0.2) is 29.1 Å². The Morgan fingerprint density at radius 1 is 1.31 bits per heavy atom. The number of methoxy groups -OCH3 is 1. The predicted molar refractivity (Wildman–Crippen MR) is 101 cm³/mol. The number of amides is 1. The molecule has 2 heterocycles. The molecule has 0 bridgehead atoms. The fraction of sp³-hybridized carbons (Fsp3) is 0.333. The molecule has 134 valence electrons. The lowest BCUT2D eigenvalue weighted by Crippen LogP contribution is -2.36. The van der Waals surface area contributed by atoms with Crippen LogP contribution in [0.25, 0.3) is 10.8 Å². The van der Waals surface area contributed by atoms with Gasteiger partial charge in [0.25, 0.3) is 0 Å². The Kier molecular flexibility index (Phi) is 4.61. The Labute approximate surface area is 153 Å². The third-order valence-corrected chi connectivity index (χ3v) is 5.24. The lowest BCUT2D eigenvalue weighted by atomic mass is 9.95. The van der Waals surface area contributed by atoms with Crippen molar-refractivity contribution in [3.63, 3.8) is 0 Å². The van der Waals surface area contributed by atoms with Gasteiger partial charge in [-0.2, -0.15) is 0 Å². The first-order valence-electron chi connectivity index (χ1n) is 9.07. The number of hydrogen-bond donors (Lipinski definition) is 1. The molecule has 26 heavy (non-hydrogen) atoms. The first-order chi connectivity index (χ1) is 12.8. The molecular formula is C21H23N3O2. The molecule has 0 spiro atoms. The van der Waals surface area contributed by atoms with Crippen LogP contribution in [0.3, 0.4) is 0 Å². The largest absolute Gasteiger partial charge is 0.496 e. The van der Waals surface area contributed by atoms with Gasteiger partial charge in [0.2, 0.25) is 5.91 Å². The Morgan fingerprint density at radius 2 is 2.19 bits per heavy atom. The maximum Gasteiger partial charge on any atom is 0.223 e. The molecule has 3 aromatic rings. The highest BCUT2D eigenvalue weighted by atomic mass is 16.5. The second-order valence-electron chi connectivity index (χ2n) is 6.78. The number of carbonyl (C=O) groups is 1. The summed E-state index contributed by atoms with van der Waals surface area (Å²) in [6.07, 6.45) is 6.09. The van der Waals surface area contributed by atoms with Crippen LogP contribution in [0.15, 0.2) is 48.9 Å². The van der Waals surface area contributed by atoms with Crippen LogP contribution in [0.4, 0.5) is 0 Å². The van der Waals surface area contributed by atoms with Crippen molar-refractivity contribution >= 4 is 16.7 Å². The maximum absolute atomic E-state index is 12.6. The normalized spacial score (nSPS) is 16.3. The molecule has 1 unspecified atom stereocenters. The van der Waals surface area contributed by atoms with Crippen molar-refractivity contribution in [2.45, 2.75) is 25.8 Å². The van der Waals surface area contributed by atoms with Crippen LogP contribution in [0.5, 0.6) is 5.75 Å². The number of benzene rings is 2. The van der Waals surface area contributed by atoms with E-state index in [0.717, 1.165) is 42.8 Å². The molecule has 0 fully saturated rings. The number of nitrogens with one attached hydrogen (secondary N) is 1. The lowest BCUT2D eigenvalue weighted by molar-refractivity contribution is -0.125. The molecule has 1 amide bonds. The molecule has 5 heteroatoms. The van der Waals surface area contributed by atoms with Gasteiger partial charge in [-0.3, -0.25) is 4.79 Å². The van der Waals surface area contributed by atoms with Crippen molar-refractivity contribution < 1.29 is 9.53 Å². The fourth-order valence-corrected chi connectivity index (χ4v) is 3.81. The number of rotatable bonds is 5. The zero-order chi connectivity index (χ0) is 17.9. The first kappa shape index (κ1) is 16.6. The number of aromatic nitrogens is 2. The van der Waals surface area contributed by atoms with E-state index in [1.54, 1.807) is 7.11 Å². The summed E-state index contributed by atoms with van der Waals surface area (Å²) in [5.74, 6) is 1.05. The van der Waals surface area contributed by atoms with Gasteiger partial charge in [0, 0.05) is 42.9 Å². The average molecular weight is 349 g/mol. The van der Waals surface area contributed by atoms with Crippen LogP contribution in [0.1, 0.15) is 17.7 Å². The Bertz CT molecular complexity index is 932. The Hall–Kier alpha value is -2.82. The summed E-state index contributed by atoms with van der Waals surface area (Å²) >= 11 is 0. The molecule has 0 radical (unpaired) electrons. The van der Waals surface area contributed by atoms with E-state index in [1.807, 2.05) is 30.7 Å². The van der Waals surface area contributed by atoms with Crippen molar-refractivity contribution in [2.24, 2.45) is 5.92 Å². The van der Waals surface area contributed by atoms with Gasteiger partial charge >= 0.3 is 0 Å². The topological polar surface area (TPSA) is 56.1 Å². The van der Waals surface area contributed by atoms with Crippen molar-refractivity contribution in [2.75, 3.05) is 13.7 Å². The minimum atomic E-state index is 0.0358. The van der Waals surface area contributed by atoms with Gasteiger partial charge in [0.05, 0.1) is 13.4 Å². The third kappa shape index (κ3) is 3.17. The molecule has 1 aromatic heterocycles. The van der Waals surface area contributed by atoms with Crippen molar-refractivity contribution in [1.29, 1.82) is 0 Å². The second-order valence-corrected chi connectivity index (χ2v) is 6.78. The van der Waals surface area contributed by atoms with E-state index in [4.69, 9.17) is 4.74 Å². The molecule has 2 aromatic carbocycles. The standard InChI is InChI=1S/C21H23N3O2/c1-26-20-7-6-15-4-2-3-5-18(15)19(20)8-10-23-21(25)16-9-11-24-14-22-13-17(24)12-16/h2-7,13-14,16H,8-12H2,1H3,(H,23,25). The number of imidazole rings is 1. The van der Waals surface area contributed by atoms with E-state index >= 15 is 0 Å². The van der Waals surface area contributed by atoms with Gasteiger partial charge in [-0.1, -0.05) is 30.3 Å².